The maximum absolute atomic E-state index is 12.4. The molecule has 1 atom stereocenters. The number of hydrogen-bond acceptors (Lipinski definition) is 2. The molecule has 2 heteroatoms. The third-order valence-corrected chi connectivity index (χ3v) is 4.28. The summed E-state index contributed by atoms with van der Waals surface area (Å²) in [6.45, 7) is 0. The molecule has 1 heterocycles. The van der Waals surface area contributed by atoms with E-state index >= 15 is 0 Å². The van der Waals surface area contributed by atoms with Crippen LogP contribution in [0.3, 0.4) is 0 Å². The molecule has 0 radical (unpaired) electrons. The molecule has 21 heavy (non-hydrogen) atoms. The lowest BCUT2D eigenvalue weighted by atomic mass is 9.75. The molecule has 0 saturated heterocycles. The molecule has 4 rings (SSSR count). The van der Waals surface area contributed by atoms with Gasteiger partial charge in [-0.25, -0.2) is 4.98 Å². The van der Waals surface area contributed by atoms with Crippen LogP contribution in [0.15, 0.2) is 60.7 Å². The Morgan fingerprint density at radius 1 is 1.00 bits per heavy atom. The van der Waals surface area contributed by atoms with Gasteiger partial charge in [-0.3, -0.25) is 4.79 Å². The largest absolute Gasteiger partial charge is 0.292 e. The molecule has 0 bridgehead atoms. The first-order valence-corrected chi connectivity index (χ1v) is 7.28. The van der Waals surface area contributed by atoms with Crippen molar-refractivity contribution in [1.29, 1.82) is 0 Å². The lowest BCUT2D eigenvalue weighted by Gasteiger charge is -2.29. The SMILES string of the molecule is O=C(CC1Cc2ccccc21)c1ccc2ccccc2n1. The van der Waals surface area contributed by atoms with E-state index < -0.39 is 0 Å². The minimum absolute atomic E-state index is 0.139. The summed E-state index contributed by atoms with van der Waals surface area (Å²) in [6.07, 6.45) is 1.57. The van der Waals surface area contributed by atoms with Crippen molar-refractivity contribution in [2.24, 2.45) is 0 Å². The van der Waals surface area contributed by atoms with Crippen molar-refractivity contribution in [2.75, 3.05) is 0 Å². The quantitative estimate of drug-likeness (QED) is 0.671. The van der Waals surface area contributed by atoms with Gasteiger partial charge in [0.25, 0.3) is 0 Å². The second-order valence-electron chi connectivity index (χ2n) is 5.62. The number of nitrogens with zero attached hydrogens (tertiary/aromatic N) is 1. The lowest BCUT2D eigenvalue weighted by Crippen LogP contribution is -2.20. The predicted molar refractivity (Wildman–Crippen MR) is 83.6 cm³/mol. The summed E-state index contributed by atoms with van der Waals surface area (Å²) >= 11 is 0. The van der Waals surface area contributed by atoms with E-state index in [1.165, 1.54) is 11.1 Å². The fourth-order valence-electron chi connectivity index (χ4n) is 3.09. The van der Waals surface area contributed by atoms with Gasteiger partial charge in [-0.1, -0.05) is 48.5 Å². The van der Waals surface area contributed by atoms with E-state index in [4.69, 9.17) is 0 Å². The first kappa shape index (κ1) is 12.3. The number of aromatic nitrogens is 1. The van der Waals surface area contributed by atoms with Gasteiger partial charge in [0.15, 0.2) is 5.78 Å². The topological polar surface area (TPSA) is 30.0 Å². The molecule has 2 aromatic carbocycles. The molecule has 3 aromatic rings. The molecule has 0 fully saturated rings. The molecule has 0 aliphatic heterocycles. The summed E-state index contributed by atoms with van der Waals surface area (Å²) in [5, 5.41) is 1.07. The van der Waals surface area contributed by atoms with E-state index in [0.717, 1.165) is 17.3 Å². The van der Waals surface area contributed by atoms with Crippen LogP contribution in [0.5, 0.6) is 0 Å². The second-order valence-corrected chi connectivity index (χ2v) is 5.62. The number of Topliss-reactive ketones (excluding diaryl/α,β-unsaturated/α-hetero) is 1. The van der Waals surface area contributed by atoms with Crippen molar-refractivity contribution in [3.8, 4) is 0 Å². The first-order valence-electron chi connectivity index (χ1n) is 7.28. The van der Waals surface area contributed by atoms with Crippen molar-refractivity contribution >= 4 is 16.7 Å². The van der Waals surface area contributed by atoms with Crippen LogP contribution in [-0.4, -0.2) is 10.8 Å². The minimum atomic E-state index is 0.139. The maximum atomic E-state index is 12.4. The fraction of sp³-hybridized carbons (Fsp3) is 0.158. The Balaban J connectivity index is 1.57. The van der Waals surface area contributed by atoms with Gasteiger partial charge in [0.05, 0.1) is 5.52 Å². The predicted octanol–water partition coefficient (Wildman–Crippen LogP) is 4.15. The van der Waals surface area contributed by atoms with E-state index in [2.05, 4.69) is 23.2 Å². The molecule has 0 amide bonds. The highest BCUT2D eigenvalue weighted by Crippen LogP contribution is 2.37. The van der Waals surface area contributed by atoms with Gasteiger partial charge in [-0.2, -0.15) is 0 Å². The maximum Gasteiger partial charge on any atom is 0.181 e. The zero-order valence-corrected chi connectivity index (χ0v) is 11.6. The molecule has 1 aliphatic rings. The number of benzene rings is 2. The Hall–Kier alpha value is -2.48. The van der Waals surface area contributed by atoms with Crippen molar-refractivity contribution in [1.82, 2.24) is 4.98 Å². The van der Waals surface area contributed by atoms with Crippen LogP contribution in [0.2, 0.25) is 0 Å². The number of pyridine rings is 1. The van der Waals surface area contributed by atoms with E-state index in [0.29, 0.717) is 18.0 Å². The summed E-state index contributed by atoms with van der Waals surface area (Å²) < 4.78 is 0. The monoisotopic (exact) mass is 273 g/mol. The number of carbonyl (C=O) groups excluding carboxylic acids is 1. The molecule has 0 spiro atoms. The lowest BCUT2D eigenvalue weighted by molar-refractivity contribution is 0.0966. The highest BCUT2D eigenvalue weighted by Gasteiger charge is 2.28. The van der Waals surface area contributed by atoms with Crippen LogP contribution in [-0.2, 0) is 6.42 Å². The molecule has 102 valence electrons. The summed E-state index contributed by atoms with van der Waals surface area (Å²) in [7, 11) is 0. The Labute approximate surface area is 123 Å². The first-order chi connectivity index (χ1) is 10.3. The van der Waals surface area contributed by atoms with Gasteiger partial charge >= 0.3 is 0 Å². The van der Waals surface area contributed by atoms with Gasteiger partial charge in [0, 0.05) is 11.8 Å². The average Bonchev–Trinajstić information content (AvgIpc) is 2.52. The third kappa shape index (κ3) is 2.13. The van der Waals surface area contributed by atoms with Gasteiger partial charge in [-0.05, 0) is 35.6 Å². The van der Waals surface area contributed by atoms with Crippen LogP contribution < -0.4 is 0 Å². The summed E-state index contributed by atoms with van der Waals surface area (Å²) in [5.41, 5.74) is 4.17. The summed E-state index contributed by atoms with van der Waals surface area (Å²) in [5.74, 6) is 0.502. The van der Waals surface area contributed by atoms with Crippen molar-refractivity contribution in [2.45, 2.75) is 18.8 Å². The van der Waals surface area contributed by atoms with Crippen molar-refractivity contribution in [3.63, 3.8) is 0 Å². The number of carbonyl (C=O) groups is 1. The van der Waals surface area contributed by atoms with Crippen LogP contribution in [0.25, 0.3) is 10.9 Å². The number of hydrogen-bond donors (Lipinski definition) is 0. The Bertz CT molecular complexity index is 838. The van der Waals surface area contributed by atoms with Crippen molar-refractivity contribution in [3.05, 3.63) is 77.5 Å². The third-order valence-electron chi connectivity index (χ3n) is 4.28. The number of rotatable bonds is 3. The van der Waals surface area contributed by atoms with Gasteiger partial charge in [-0.15, -0.1) is 0 Å². The molecule has 1 aromatic heterocycles. The smallest absolute Gasteiger partial charge is 0.181 e. The van der Waals surface area contributed by atoms with E-state index in [-0.39, 0.29) is 5.78 Å². The second kappa shape index (κ2) is 4.81. The van der Waals surface area contributed by atoms with Crippen LogP contribution in [0.1, 0.15) is 34.0 Å². The van der Waals surface area contributed by atoms with E-state index in [1.807, 2.05) is 42.5 Å². The standard InChI is InChI=1S/C19H15NO/c21-19(12-15-11-14-6-1-3-7-16(14)15)18-10-9-13-5-2-4-8-17(13)20-18/h1-10,15H,11-12H2. The molecule has 0 N–H and O–H groups in total. The fourth-order valence-corrected chi connectivity index (χ4v) is 3.09. The van der Waals surface area contributed by atoms with Crippen molar-refractivity contribution < 1.29 is 4.79 Å². The normalized spacial score (nSPS) is 16.3. The highest BCUT2D eigenvalue weighted by atomic mass is 16.1. The molecule has 1 unspecified atom stereocenters. The highest BCUT2D eigenvalue weighted by molar-refractivity contribution is 5.97. The molecule has 2 nitrogen and oxygen atoms in total. The van der Waals surface area contributed by atoms with E-state index in [9.17, 15) is 4.79 Å². The summed E-state index contributed by atoms with van der Waals surface area (Å²) in [4.78, 5) is 16.9. The Morgan fingerprint density at radius 2 is 1.81 bits per heavy atom. The molecule has 0 saturated carbocycles. The number of para-hydroxylation sites is 1. The van der Waals surface area contributed by atoms with Gasteiger partial charge < -0.3 is 0 Å². The van der Waals surface area contributed by atoms with Gasteiger partial charge in [0.2, 0.25) is 0 Å². The molecular formula is C19H15NO. The zero-order chi connectivity index (χ0) is 14.2. The Kier molecular flexibility index (Phi) is 2.81. The molecular weight excluding hydrogens is 258 g/mol. The van der Waals surface area contributed by atoms with Crippen LogP contribution >= 0.6 is 0 Å². The minimum Gasteiger partial charge on any atom is -0.292 e. The zero-order valence-electron chi connectivity index (χ0n) is 11.6. The summed E-state index contributed by atoms with van der Waals surface area (Å²) in [6, 6.07) is 20.1. The van der Waals surface area contributed by atoms with Gasteiger partial charge in [0.1, 0.15) is 5.69 Å². The Morgan fingerprint density at radius 3 is 2.71 bits per heavy atom. The number of ketones is 1. The number of fused-ring (bicyclic) bond motifs is 2. The van der Waals surface area contributed by atoms with Crippen LogP contribution in [0.4, 0.5) is 0 Å². The molecule has 1 aliphatic carbocycles. The average molecular weight is 273 g/mol. The van der Waals surface area contributed by atoms with E-state index in [1.54, 1.807) is 0 Å². The van der Waals surface area contributed by atoms with Crippen LogP contribution in [0, 0.1) is 0 Å².